The maximum Gasteiger partial charge on any atom is 0.335 e. The minimum Gasteiger partial charge on any atom is -0.479 e. The SMILES string of the molecule is O=C(O)[C@@H](O)[C@H](O)C(=O)O.[K]. The van der Waals surface area contributed by atoms with Crippen molar-refractivity contribution >= 4 is 63.3 Å². The average molecular weight is 189 g/mol. The molecule has 0 aliphatic heterocycles. The van der Waals surface area contributed by atoms with Crippen LogP contribution in [0.4, 0.5) is 0 Å². The molecule has 0 heterocycles. The van der Waals surface area contributed by atoms with Gasteiger partial charge in [-0.15, -0.1) is 0 Å². The number of carboxylic acid groups (broad SMARTS) is 2. The first-order chi connectivity index (χ1) is 4.46. The molecule has 59 valence electrons. The van der Waals surface area contributed by atoms with Gasteiger partial charge in [0.25, 0.3) is 0 Å². The molecule has 7 heteroatoms. The summed E-state index contributed by atoms with van der Waals surface area (Å²) < 4.78 is 0. The number of carbonyl (C=O) groups is 2. The summed E-state index contributed by atoms with van der Waals surface area (Å²) in [4.78, 5) is 19.5. The van der Waals surface area contributed by atoms with E-state index in [0.717, 1.165) is 0 Å². The fourth-order valence-corrected chi connectivity index (χ4v) is 0.270. The van der Waals surface area contributed by atoms with E-state index >= 15 is 0 Å². The predicted octanol–water partition coefficient (Wildman–Crippen LogP) is -2.50. The molecule has 0 amide bonds. The topological polar surface area (TPSA) is 115 Å². The molecule has 1 radical (unpaired) electrons. The zero-order chi connectivity index (χ0) is 8.31. The average Bonchev–Trinajstić information content (AvgIpc) is 1.84. The monoisotopic (exact) mass is 189 g/mol. The van der Waals surface area contributed by atoms with Crippen LogP contribution in [-0.2, 0) is 9.59 Å². The van der Waals surface area contributed by atoms with Crippen LogP contribution in [0.2, 0.25) is 0 Å². The van der Waals surface area contributed by atoms with Crippen molar-refractivity contribution in [1.29, 1.82) is 0 Å². The zero-order valence-corrected chi connectivity index (χ0v) is 8.88. The Morgan fingerprint density at radius 1 is 0.909 bits per heavy atom. The molecule has 0 aromatic heterocycles. The van der Waals surface area contributed by atoms with Crippen molar-refractivity contribution in [2.75, 3.05) is 0 Å². The van der Waals surface area contributed by atoms with Crippen LogP contribution in [0.25, 0.3) is 0 Å². The normalized spacial score (nSPS) is 14.4. The van der Waals surface area contributed by atoms with Crippen LogP contribution in [0.15, 0.2) is 0 Å². The van der Waals surface area contributed by atoms with Gasteiger partial charge < -0.3 is 20.4 Å². The molecule has 11 heavy (non-hydrogen) atoms. The first kappa shape index (κ1) is 14.0. The molecule has 0 rings (SSSR count). The molecule has 0 aliphatic rings. The van der Waals surface area contributed by atoms with Crippen LogP contribution in [0.1, 0.15) is 0 Å². The molecule has 0 saturated heterocycles. The van der Waals surface area contributed by atoms with Crippen molar-refractivity contribution in [3.05, 3.63) is 0 Å². The van der Waals surface area contributed by atoms with Crippen LogP contribution < -0.4 is 0 Å². The number of aliphatic hydroxyl groups is 2. The second-order valence-corrected chi connectivity index (χ2v) is 1.57. The molecular weight excluding hydrogens is 183 g/mol. The first-order valence-electron chi connectivity index (χ1n) is 2.28. The van der Waals surface area contributed by atoms with Crippen molar-refractivity contribution in [2.24, 2.45) is 0 Å². The fourth-order valence-electron chi connectivity index (χ4n) is 0.270. The van der Waals surface area contributed by atoms with Crippen molar-refractivity contribution < 1.29 is 30.0 Å². The summed E-state index contributed by atoms with van der Waals surface area (Å²) in [6.45, 7) is 0. The Balaban J connectivity index is 0. The van der Waals surface area contributed by atoms with Gasteiger partial charge in [-0.25, -0.2) is 9.59 Å². The molecule has 4 N–H and O–H groups in total. The molecule has 0 aromatic carbocycles. The Labute approximate surface area is 104 Å². The van der Waals surface area contributed by atoms with E-state index in [1.165, 1.54) is 0 Å². The second kappa shape index (κ2) is 6.06. The molecule has 0 bridgehead atoms. The third-order valence-electron chi connectivity index (χ3n) is 0.805. The van der Waals surface area contributed by atoms with Crippen LogP contribution in [0, 0.1) is 0 Å². The van der Waals surface area contributed by atoms with Gasteiger partial charge in [-0.2, -0.15) is 0 Å². The largest absolute Gasteiger partial charge is 0.479 e. The van der Waals surface area contributed by atoms with Gasteiger partial charge in [-0.05, 0) is 0 Å². The van der Waals surface area contributed by atoms with Gasteiger partial charge in [0.2, 0.25) is 0 Å². The molecule has 0 spiro atoms. The van der Waals surface area contributed by atoms with Crippen molar-refractivity contribution in [1.82, 2.24) is 0 Å². The van der Waals surface area contributed by atoms with Gasteiger partial charge in [0.15, 0.2) is 12.2 Å². The minimum atomic E-state index is -2.27. The molecule has 0 fully saturated rings. The summed E-state index contributed by atoms with van der Waals surface area (Å²) in [5, 5.41) is 32.5. The molecule has 0 saturated carbocycles. The Kier molecular flexibility index (Phi) is 7.74. The third kappa shape index (κ3) is 4.85. The van der Waals surface area contributed by atoms with Crippen molar-refractivity contribution in [3.63, 3.8) is 0 Å². The van der Waals surface area contributed by atoms with E-state index in [1.807, 2.05) is 0 Å². The third-order valence-corrected chi connectivity index (χ3v) is 0.805. The smallest absolute Gasteiger partial charge is 0.335 e. The maximum atomic E-state index is 9.77. The number of carboxylic acids is 2. The Morgan fingerprint density at radius 3 is 1.18 bits per heavy atom. The van der Waals surface area contributed by atoms with E-state index in [4.69, 9.17) is 20.4 Å². The van der Waals surface area contributed by atoms with E-state index in [2.05, 4.69) is 0 Å². The number of aliphatic carboxylic acids is 2. The van der Waals surface area contributed by atoms with Crippen LogP contribution in [-0.4, -0.2) is 96.0 Å². The van der Waals surface area contributed by atoms with E-state index in [1.54, 1.807) is 0 Å². The summed E-state index contributed by atoms with van der Waals surface area (Å²) in [5.74, 6) is -3.54. The van der Waals surface area contributed by atoms with Gasteiger partial charge in [0.05, 0.1) is 0 Å². The Hall–Kier alpha value is 0.496. The van der Waals surface area contributed by atoms with Gasteiger partial charge >= 0.3 is 11.9 Å². The van der Waals surface area contributed by atoms with E-state index in [0.29, 0.717) is 0 Å². The fraction of sp³-hybridized carbons (Fsp3) is 0.500. The molecular formula is C4H6KO6. The summed E-state index contributed by atoms with van der Waals surface area (Å²) in [5.41, 5.74) is 0. The summed E-state index contributed by atoms with van der Waals surface area (Å²) >= 11 is 0. The van der Waals surface area contributed by atoms with E-state index in [-0.39, 0.29) is 51.4 Å². The number of hydrogen-bond acceptors (Lipinski definition) is 4. The van der Waals surface area contributed by atoms with Crippen LogP contribution in [0.3, 0.4) is 0 Å². The maximum absolute atomic E-state index is 9.77. The van der Waals surface area contributed by atoms with Gasteiger partial charge in [0, 0.05) is 51.4 Å². The van der Waals surface area contributed by atoms with E-state index < -0.39 is 24.1 Å². The standard InChI is InChI=1S/C4H6O6.K/c5-1(3(7)8)2(6)4(9)10;/h1-2,5-6H,(H,7,8)(H,9,10);/t1-,2-;/m0./s1. The van der Waals surface area contributed by atoms with Crippen molar-refractivity contribution in [3.8, 4) is 0 Å². The van der Waals surface area contributed by atoms with Crippen LogP contribution >= 0.6 is 0 Å². The molecule has 0 unspecified atom stereocenters. The minimum absolute atomic E-state index is 0. The summed E-state index contributed by atoms with van der Waals surface area (Å²) in [7, 11) is 0. The molecule has 6 nitrogen and oxygen atoms in total. The summed E-state index contributed by atoms with van der Waals surface area (Å²) in [6.07, 6.45) is -4.53. The molecule has 0 aliphatic carbocycles. The number of aliphatic hydroxyl groups excluding tert-OH is 2. The van der Waals surface area contributed by atoms with Gasteiger partial charge in [0.1, 0.15) is 0 Å². The number of rotatable bonds is 3. The van der Waals surface area contributed by atoms with E-state index in [9.17, 15) is 9.59 Å². The van der Waals surface area contributed by atoms with Crippen LogP contribution in [0.5, 0.6) is 0 Å². The predicted molar refractivity (Wildman–Crippen MR) is 33.0 cm³/mol. The zero-order valence-electron chi connectivity index (χ0n) is 5.76. The van der Waals surface area contributed by atoms with Crippen molar-refractivity contribution in [2.45, 2.75) is 12.2 Å². The number of hydrogen-bond donors (Lipinski definition) is 4. The second-order valence-electron chi connectivity index (χ2n) is 1.57. The van der Waals surface area contributed by atoms with Gasteiger partial charge in [-0.1, -0.05) is 0 Å². The molecule has 0 aromatic rings. The van der Waals surface area contributed by atoms with Gasteiger partial charge in [-0.3, -0.25) is 0 Å². The summed E-state index contributed by atoms with van der Waals surface area (Å²) in [6, 6.07) is 0. The Bertz CT molecular complexity index is 139. The quantitative estimate of drug-likeness (QED) is 0.365. The first-order valence-corrected chi connectivity index (χ1v) is 2.28. The Morgan fingerprint density at radius 2 is 1.09 bits per heavy atom. The molecule has 2 atom stereocenters.